The summed E-state index contributed by atoms with van der Waals surface area (Å²) in [5.74, 6) is 1.01. The maximum absolute atomic E-state index is 11.0. The maximum atomic E-state index is 11.0. The van der Waals surface area contributed by atoms with E-state index in [4.69, 9.17) is 22.9 Å². The van der Waals surface area contributed by atoms with Gasteiger partial charge in [0.25, 0.3) is 0 Å². The van der Waals surface area contributed by atoms with E-state index in [2.05, 4.69) is 134 Å². The number of carbonyl (C=O) groups excluding carboxylic acids is 3. The molecule has 0 rings (SSSR count). The van der Waals surface area contributed by atoms with Gasteiger partial charge in [0, 0.05) is 48.9 Å². The fourth-order valence-corrected chi connectivity index (χ4v) is 7.93. The van der Waals surface area contributed by atoms with Gasteiger partial charge in [-0.2, -0.15) is 9.59 Å². The topological polar surface area (TPSA) is 99.1 Å². The van der Waals surface area contributed by atoms with Crippen molar-refractivity contribution in [2.45, 2.75) is 191 Å². The van der Waals surface area contributed by atoms with Crippen LogP contribution in [0.4, 0.5) is 0 Å². The van der Waals surface area contributed by atoms with E-state index in [1.807, 2.05) is 53.7 Å². The van der Waals surface area contributed by atoms with Crippen LogP contribution in [0.1, 0.15) is 117 Å². The zero-order chi connectivity index (χ0) is 43.3. The van der Waals surface area contributed by atoms with Crippen LogP contribution in [0.3, 0.4) is 0 Å². The van der Waals surface area contributed by atoms with Crippen LogP contribution in [0.25, 0.3) is 0 Å². The Bertz CT molecular complexity index is 1240. The maximum Gasteiger partial charge on any atom is 0.373 e. The van der Waals surface area contributed by atoms with Gasteiger partial charge in [0.15, 0.2) is 16.6 Å². The van der Waals surface area contributed by atoms with Gasteiger partial charge in [-0.25, -0.2) is 0 Å². The molecule has 1 N–H and O–H groups in total. The number of hydrogen-bond donors (Lipinski definition) is 1. The Morgan fingerprint density at radius 2 is 1.09 bits per heavy atom. The van der Waals surface area contributed by atoms with E-state index in [0.29, 0.717) is 6.42 Å². The molecule has 0 aromatic rings. The molecule has 55 heavy (non-hydrogen) atoms. The van der Waals surface area contributed by atoms with Gasteiger partial charge in [-0.15, -0.1) is 0 Å². The normalized spacial score (nSPS) is 15.6. The summed E-state index contributed by atoms with van der Waals surface area (Å²) in [7, 11) is -5.10. The summed E-state index contributed by atoms with van der Waals surface area (Å²) in [6, 6.07) is 0. The van der Waals surface area contributed by atoms with E-state index in [1.54, 1.807) is 0 Å². The predicted molar refractivity (Wildman–Crippen MR) is 235 cm³/mol. The minimum absolute atomic E-state index is 0. The summed E-state index contributed by atoms with van der Waals surface area (Å²) in [6.45, 7) is 53.0. The van der Waals surface area contributed by atoms with Gasteiger partial charge in [-0.05, 0) is 134 Å². The standard InChI is InChI=1S/C19H38O2Si.C14H28O2Si.C9H18OSi.CO2.2V/c1-11-15(4)18(21-22(9,10)19(6,7)8)16(5)17(20)13-12-14(2)3;1-9-11(2)13(12(3)10-15)16-17(7,8)14(4,5)6;1-7-8(2)9(3)10-11(4,5)6;2-1-3;;/h11-12,16-18,20H,13H2,1-10H3;9-10,12-13H,1-8H3;7H,1H2,2-6H3;;;/b15-11+;11-9+;;;;/t16-,17-,18-;12-,13-;;;;/m11..../s1. The molecule has 0 aliphatic rings. The Labute approximate surface area is 367 Å². The number of aliphatic hydroxyl groups excluding tert-OH is 1. The fraction of sp³-hybridized carbons (Fsp3) is 0.721. The molecule has 0 spiro atoms. The average molecular weight is 899 g/mol. The molecule has 320 valence electrons. The summed E-state index contributed by atoms with van der Waals surface area (Å²) in [6.07, 6.45) is 9.57. The van der Waals surface area contributed by atoms with Crippen molar-refractivity contribution in [3.05, 3.63) is 58.9 Å². The number of allylic oxidation sites excluding steroid dienone is 6. The second-order valence-electron chi connectivity index (χ2n) is 18.3. The number of hydrogen-bond acceptors (Lipinski definition) is 7. The summed E-state index contributed by atoms with van der Waals surface area (Å²) in [5.41, 5.74) is 4.74. The van der Waals surface area contributed by atoms with Crippen LogP contribution < -0.4 is 0 Å². The molecule has 0 unspecified atom stereocenters. The Morgan fingerprint density at radius 1 is 0.745 bits per heavy atom. The third-order valence-corrected chi connectivity index (χ3v) is 20.0. The van der Waals surface area contributed by atoms with Gasteiger partial charge < -0.3 is 23.2 Å². The molecule has 0 bridgehead atoms. The Balaban J connectivity index is -0.000000162. The van der Waals surface area contributed by atoms with Crippen molar-refractivity contribution < 1.29 is 69.9 Å². The first-order valence-electron chi connectivity index (χ1n) is 19.0. The molecule has 12 heteroatoms. The molecule has 0 amide bonds. The van der Waals surface area contributed by atoms with Crippen LogP contribution in [-0.4, -0.2) is 60.8 Å². The SMILES string of the molecule is C/C=C(\C)[C@@H](O[Si](C)(C)C(C)(C)C)[C@H](C)C=O.C/C=C(\C)[C@@H](O[Si](C)(C)C(C)(C)C)[C@H](C)[C@H](O)CC=C(C)C.C=CC(C)=C(C)O[Si](C)(C)C.O=C=O.[V].[V]. The van der Waals surface area contributed by atoms with Crippen LogP contribution in [0, 0.1) is 11.8 Å². The van der Waals surface area contributed by atoms with Crippen molar-refractivity contribution in [1.29, 1.82) is 0 Å². The Hall–Kier alpha value is -0.751. The number of aliphatic hydroxyl groups is 1. The second kappa shape index (κ2) is 30.3. The van der Waals surface area contributed by atoms with Crippen molar-refractivity contribution in [2.75, 3.05) is 0 Å². The minimum Gasteiger partial charge on any atom is -0.547 e. The zero-order valence-electron chi connectivity index (χ0n) is 39.5. The van der Waals surface area contributed by atoms with Gasteiger partial charge in [-0.1, -0.05) is 91.8 Å². The van der Waals surface area contributed by atoms with E-state index in [0.717, 1.165) is 23.2 Å². The van der Waals surface area contributed by atoms with Crippen LogP contribution in [0.15, 0.2) is 58.9 Å². The average Bonchev–Trinajstić information content (AvgIpc) is 3.02. The molecule has 0 heterocycles. The fourth-order valence-electron chi connectivity index (χ4n) is 4.07. The molecule has 7 nitrogen and oxygen atoms in total. The molecule has 0 aromatic heterocycles. The van der Waals surface area contributed by atoms with Crippen LogP contribution in [-0.2, 0) is 64.8 Å². The molecule has 5 atom stereocenters. The van der Waals surface area contributed by atoms with E-state index < -0.39 is 25.0 Å². The quantitative estimate of drug-likeness (QED) is 0.0574. The predicted octanol–water partition coefficient (Wildman–Crippen LogP) is 12.6. The second-order valence-corrected chi connectivity index (χ2v) is 32.3. The van der Waals surface area contributed by atoms with Gasteiger partial charge in [0.2, 0.25) is 8.32 Å². The number of carbonyl (C=O) groups is 1. The van der Waals surface area contributed by atoms with E-state index in [-0.39, 0.29) is 83.5 Å². The largest absolute Gasteiger partial charge is 0.547 e. The Kier molecular flexibility index (Phi) is 36.4. The first kappa shape index (κ1) is 66.1. The zero-order valence-corrected chi connectivity index (χ0v) is 45.3. The van der Waals surface area contributed by atoms with Crippen molar-refractivity contribution in [3.8, 4) is 0 Å². The molecule has 2 radical (unpaired) electrons. The molecule has 0 saturated heterocycles. The molecule has 0 aromatic carbocycles. The number of rotatable bonds is 15. The first-order chi connectivity index (χ1) is 23.7. The van der Waals surface area contributed by atoms with Crippen LogP contribution in [0.2, 0.25) is 55.9 Å². The third kappa shape index (κ3) is 29.2. The van der Waals surface area contributed by atoms with E-state index in [1.165, 1.54) is 11.1 Å². The Morgan fingerprint density at radius 3 is 1.36 bits per heavy atom. The monoisotopic (exact) mass is 898 g/mol. The summed E-state index contributed by atoms with van der Waals surface area (Å²) < 4.78 is 18.7. The molecule has 0 fully saturated rings. The molecule has 0 aliphatic heterocycles. The first-order valence-corrected chi connectivity index (χ1v) is 28.3. The van der Waals surface area contributed by atoms with Crippen LogP contribution in [0.5, 0.6) is 0 Å². The molecule has 0 saturated carbocycles. The molecular weight excluding hydrogens is 815 g/mol. The molecule has 0 aliphatic carbocycles. The van der Waals surface area contributed by atoms with Gasteiger partial charge in [0.05, 0.1) is 24.1 Å². The molecular formula is C43H84O7Si3V2. The van der Waals surface area contributed by atoms with Crippen molar-refractivity contribution >= 4 is 37.4 Å². The van der Waals surface area contributed by atoms with Crippen LogP contribution >= 0.6 is 0 Å². The summed E-state index contributed by atoms with van der Waals surface area (Å²) in [4.78, 5) is 27.3. The van der Waals surface area contributed by atoms with Crippen molar-refractivity contribution in [1.82, 2.24) is 0 Å². The van der Waals surface area contributed by atoms with Gasteiger partial charge in [0.1, 0.15) is 6.29 Å². The smallest absolute Gasteiger partial charge is 0.373 e. The van der Waals surface area contributed by atoms with E-state index >= 15 is 0 Å². The van der Waals surface area contributed by atoms with Crippen molar-refractivity contribution in [3.63, 3.8) is 0 Å². The van der Waals surface area contributed by atoms with Gasteiger partial charge >= 0.3 is 6.15 Å². The third-order valence-electron chi connectivity index (χ3n) is 10.1. The summed E-state index contributed by atoms with van der Waals surface area (Å²) >= 11 is 0. The minimum atomic E-state index is -1.87. The summed E-state index contributed by atoms with van der Waals surface area (Å²) in [5, 5.41) is 10.9. The van der Waals surface area contributed by atoms with Gasteiger partial charge in [-0.3, -0.25) is 0 Å². The van der Waals surface area contributed by atoms with E-state index in [9.17, 15) is 9.90 Å². The van der Waals surface area contributed by atoms with Crippen molar-refractivity contribution in [2.24, 2.45) is 11.8 Å². The number of aldehydes is 1.